The minimum absolute atomic E-state index is 0. The van der Waals surface area contributed by atoms with Crippen LogP contribution in [-0.2, 0) is 9.47 Å². The predicted molar refractivity (Wildman–Crippen MR) is 116 cm³/mol. The first-order valence-electron chi connectivity index (χ1n) is 9.41. The topological polar surface area (TPSA) is 58.1 Å². The van der Waals surface area contributed by atoms with Crippen molar-refractivity contribution in [3.63, 3.8) is 0 Å². The molecule has 6 nitrogen and oxygen atoms in total. The van der Waals surface area contributed by atoms with Crippen LogP contribution in [0.2, 0.25) is 0 Å². The van der Waals surface area contributed by atoms with Crippen molar-refractivity contribution >= 4 is 29.9 Å². The zero-order chi connectivity index (χ0) is 17.8. The van der Waals surface area contributed by atoms with Crippen molar-refractivity contribution in [1.29, 1.82) is 0 Å². The molecule has 1 unspecified atom stereocenters. The van der Waals surface area contributed by atoms with Gasteiger partial charge in [0.25, 0.3) is 0 Å². The minimum Gasteiger partial charge on any atom is -0.381 e. The smallest absolute Gasteiger partial charge is 0.191 e. The van der Waals surface area contributed by atoms with Gasteiger partial charge in [-0.25, -0.2) is 0 Å². The lowest BCUT2D eigenvalue weighted by Gasteiger charge is -2.36. The van der Waals surface area contributed by atoms with Gasteiger partial charge in [-0.2, -0.15) is 0 Å². The highest BCUT2D eigenvalue weighted by Gasteiger charge is 2.32. The van der Waals surface area contributed by atoms with E-state index >= 15 is 0 Å². The summed E-state index contributed by atoms with van der Waals surface area (Å²) >= 11 is 0. The number of rotatable bonds is 10. The molecule has 0 aromatic rings. The van der Waals surface area contributed by atoms with Crippen molar-refractivity contribution < 1.29 is 9.47 Å². The summed E-state index contributed by atoms with van der Waals surface area (Å²) in [5.41, 5.74) is -0.137. The fourth-order valence-electron chi connectivity index (χ4n) is 3.10. The molecule has 7 heteroatoms. The number of aliphatic imine (C=N–C) groups is 1. The molecule has 0 spiro atoms. The van der Waals surface area contributed by atoms with Crippen molar-refractivity contribution in [2.75, 3.05) is 53.6 Å². The van der Waals surface area contributed by atoms with Gasteiger partial charge in [0.2, 0.25) is 0 Å². The molecule has 1 heterocycles. The van der Waals surface area contributed by atoms with Crippen LogP contribution >= 0.6 is 24.0 Å². The van der Waals surface area contributed by atoms with Crippen LogP contribution in [0.5, 0.6) is 0 Å². The summed E-state index contributed by atoms with van der Waals surface area (Å²) in [7, 11) is 3.61. The van der Waals surface area contributed by atoms with Gasteiger partial charge in [-0.15, -0.1) is 24.0 Å². The predicted octanol–water partition coefficient (Wildman–Crippen LogP) is 2.48. The summed E-state index contributed by atoms with van der Waals surface area (Å²) in [6.07, 6.45) is 4.19. The van der Waals surface area contributed by atoms with E-state index in [1.54, 1.807) is 7.11 Å². The minimum atomic E-state index is -0.137. The quantitative estimate of drug-likeness (QED) is 0.292. The van der Waals surface area contributed by atoms with Crippen LogP contribution in [0.4, 0.5) is 0 Å². The fourth-order valence-corrected chi connectivity index (χ4v) is 3.10. The van der Waals surface area contributed by atoms with Crippen molar-refractivity contribution in [1.82, 2.24) is 15.5 Å². The van der Waals surface area contributed by atoms with E-state index in [1.807, 2.05) is 7.05 Å². The van der Waals surface area contributed by atoms with Crippen LogP contribution in [0.15, 0.2) is 4.99 Å². The average molecular weight is 470 g/mol. The molecule has 1 aliphatic heterocycles. The number of nitrogens with one attached hydrogen (secondary N) is 2. The molecule has 1 fully saturated rings. The molecule has 0 aliphatic carbocycles. The monoisotopic (exact) mass is 470 g/mol. The average Bonchev–Trinajstić information content (AvgIpc) is 2.63. The van der Waals surface area contributed by atoms with E-state index in [-0.39, 0.29) is 29.6 Å². The molecule has 2 N–H and O–H groups in total. The van der Waals surface area contributed by atoms with Gasteiger partial charge in [0.05, 0.1) is 5.60 Å². The van der Waals surface area contributed by atoms with E-state index in [0.29, 0.717) is 6.04 Å². The van der Waals surface area contributed by atoms with Gasteiger partial charge in [-0.05, 0) is 39.4 Å². The van der Waals surface area contributed by atoms with Crippen LogP contribution in [0.25, 0.3) is 0 Å². The van der Waals surface area contributed by atoms with Crippen LogP contribution in [-0.4, -0.2) is 76.1 Å². The number of ether oxygens (including phenoxy) is 2. The molecule has 0 bridgehead atoms. The second kappa shape index (κ2) is 14.0. The van der Waals surface area contributed by atoms with Crippen LogP contribution in [0.3, 0.4) is 0 Å². The first-order valence-corrected chi connectivity index (χ1v) is 9.41. The van der Waals surface area contributed by atoms with E-state index in [4.69, 9.17) is 9.47 Å². The maximum absolute atomic E-state index is 5.76. The van der Waals surface area contributed by atoms with Gasteiger partial charge in [-0.3, -0.25) is 4.99 Å². The molecule has 1 atom stereocenters. The molecule has 150 valence electrons. The summed E-state index contributed by atoms with van der Waals surface area (Å²) in [6, 6.07) is 0.403. The standard InChI is InChI=1S/C18H38N4O2.HI/c1-6-22(7-2)12-8-9-16(3)21-17(19-4)20-15-18(23-5)10-13-24-14-11-18;/h16H,6-15H2,1-5H3,(H2,19,20,21);1H. The fraction of sp³-hybridized carbons (Fsp3) is 0.944. The number of nitrogens with zero attached hydrogens (tertiary/aromatic N) is 2. The summed E-state index contributed by atoms with van der Waals surface area (Å²) in [5.74, 6) is 0.855. The molecule has 0 aromatic carbocycles. The van der Waals surface area contributed by atoms with Gasteiger partial charge < -0.3 is 25.0 Å². The van der Waals surface area contributed by atoms with Gasteiger partial charge >= 0.3 is 0 Å². The van der Waals surface area contributed by atoms with Gasteiger partial charge in [0.1, 0.15) is 0 Å². The lowest BCUT2D eigenvalue weighted by molar-refractivity contribution is -0.0855. The zero-order valence-corrected chi connectivity index (χ0v) is 19.1. The van der Waals surface area contributed by atoms with Gasteiger partial charge in [0, 0.05) is 52.8 Å². The Balaban J connectivity index is 0.00000576. The summed E-state index contributed by atoms with van der Waals surface area (Å²) < 4.78 is 11.2. The Kier molecular flexibility index (Phi) is 13.9. The Morgan fingerprint density at radius 2 is 1.92 bits per heavy atom. The number of methoxy groups -OCH3 is 1. The summed E-state index contributed by atoms with van der Waals surface area (Å²) in [6.45, 7) is 12.4. The number of hydrogen-bond donors (Lipinski definition) is 2. The van der Waals surface area contributed by atoms with Crippen LogP contribution < -0.4 is 10.6 Å². The van der Waals surface area contributed by atoms with Crippen molar-refractivity contribution in [2.24, 2.45) is 4.99 Å². The summed E-state index contributed by atoms with van der Waals surface area (Å²) in [5, 5.41) is 6.92. The maximum Gasteiger partial charge on any atom is 0.191 e. The van der Waals surface area contributed by atoms with Gasteiger partial charge in [0.15, 0.2) is 5.96 Å². The Morgan fingerprint density at radius 3 is 2.44 bits per heavy atom. The second-order valence-corrected chi connectivity index (χ2v) is 6.64. The zero-order valence-electron chi connectivity index (χ0n) is 16.8. The van der Waals surface area contributed by atoms with Gasteiger partial charge in [-0.1, -0.05) is 13.8 Å². The Morgan fingerprint density at radius 1 is 1.28 bits per heavy atom. The largest absolute Gasteiger partial charge is 0.381 e. The number of guanidine groups is 1. The molecule has 0 aromatic heterocycles. The third-order valence-electron chi connectivity index (χ3n) is 5.03. The molecule has 25 heavy (non-hydrogen) atoms. The van der Waals surface area contributed by atoms with E-state index in [0.717, 1.165) is 64.6 Å². The number of halogens is 1. The van der Waals surface area contributed by atoms with E-state index in [2.05, 4.69) is 41.3 Å². The molecular formula is C18H39IN4O2. The summed E-state index contributed by atoms with van der Waals surface area (Å²) in [4.78, 5) is 6.82. The molecule has 0 amide bonds. The number of hydrogen-bond acceptors (Lipinski definition) is 4. The highest BCUT2D eigenvalue weighted by molar-refractivity contribution is 14.0. The molecular weight excluding hydrogens is 431 g/mol. The maximum atomic E-state index is 5.76. The Hall–Kier alpha value is -0.120. The third-order valence-corrected chi connectivity index (χ3v) is 5.03. The molecule has 1 rings (SSSR count). The first-order chi connectivity index (χ1) is 11.6. The normalized spacial score (nSPS) is 18.6. The second-order valence-electron chi connectivity index (χ2n) is 6.64. The highest BCUT2D eigenvalue weighted by Crippen LogP contribution is 2.23. The Labute approximate surface area is 171 Å². The highest BCUT2D eigenvalue weighted by atomic mass is 127. The molecule has 0 saturated carbocycles. The van der Waals surface area contributed by atoms with Crippen molar-refractivity contribution in [2.45, 2.75) is 58.1 Å². The lowest BCUT2D eigenvalue weighted by atomic mass is 9.94. The van der Waals surface area contributed by atoms with E-state index < -0.39 is 0 Å². The van der Waals surface area contributed by atoms with Crippen LogP contribution in [0, 0.1) is 0 Å². The molecule has 1 saturated heterocycles. The van der Waals surface area contributed by atoms with Crippen molar-refractivity contribution in [3.8, 4) is 0 Å². The van der Waals surface area contributed by atoms with Crippen molar-refractivity contribution in [3.05, 3.63) is 0 Å². The Bertz CT molecular complexity index is 359. The first kappa shape index (κ1) is 24.9. The third kappa shape index (κ3) is 9.40. The molecule has 1 aliphatic rings. The molecule has 0 radical (unpaired) electrons. The lowest BCUT2D eigenvalue weighted by Crippen LogP contribution is -2.52. The van der Waals surface area contributed by atoms with E-state index in [9.17, 15) is 0 Å². The van der Waals surface area contributed by atoms with E-state index in [1.165, 1.54) is 6.42 Å². The van der Waals surface area contributed by atoms with Crippen LogP contribution in [0.1, 0.15) is 46.5 Å². The SMILES string of the molecule is CCN(CC)CCCC(C)NC(=NC)NCC1(OC)CCOCC1.I.